The zero-order valence-corrected chi connectivity index (χ0v) is 23.1. The Morgan fingerprint density at radius 1 is 0.780 bits per heavy atom. The molecule has 2 aliphatic heterocycles. The Kier molecular flexibility index (Phi) is 9.90. The van der Waals surface area contributed by atoms with E-state index in [1.807, 2.05) is 0 Å². The summed E-state index contributed by atoms with van der Waals surface area (Å²) in [6.07, 6.45) is -15.7. The second-order valence-corrected chi connectivity index (χ2v) is 12.5. The van der Waals surface area contributed by atoms with Gasteiger partial charge >= 0.3 is 23.5 Å². The van der Waals surface area contributed by atoms with Crippen molar-refractivity contribution in [2.45, 2.75) is 55.2 Å². The van der Waals surface area contributed by atoms with Gasteiger partial charge in [-0.15, -0.1) is 0 Å². The molecule has 0 bridgehead atoms. The normalized spacial score (nSPS) is 33.4. The average Bonchev–Trinajstić information content (AvgIpc) is 3.41. The van der Waals surface area contributed by atoms with Gasteiger partial charge in [-0.2, -0.15) is 0 Å². The smallest absolute Gasteiger partial charge is 0.394 e. The molecule has 4 rings (SSSR count). The maximum Gasteiger partial charge on any atom is 0.470 e. The van der Waals surface area contributed by atoms with E-state index < -0.39 is 91.9 Å². The zero-order chi connectivity index (χ0) is 30.3. The number of benzene rings is 1. The number of para-hydroxylation sites is 2. The number of fused-ring (bicyclic) bond motifs is 1. The summed E-state index contributed by atoms with van der Waals surface area (Å²) in [4.78, 5) is 60.5. The SMILES string of the molecule is O=P(O)(O)O[C@@H]1[C@@H](O)[C@@H](O[C@H]2[C@@H](OP(=O)(O)O)[C@H](n3cnc4ccccc43)O[C@@H]2CO)O[C@H](CO)[C@H]1OP(=O)(O)O. The molecule has 0 saturated carbocycles. The lowest BCUT2D eigenvalue weighted by atomic mass is 9.99. The van der Waals surface area contributed by atoms with Gasteiger partial charge in [-0.3, -0.25) is 13.6 Å². The molecule has 0 aliphatic carbocycles. The summed E-state index contributed by atoms with van der Waals surface area (Å²) in [5.41, 5.74) is 0.886. The Bertz CT molecular complexity index is 1340. The Labute approximate surface area is 229 Å². The maximum atomic E-state index is 11.9. The highest BCUT2D eigenvalue weighted by Crippen LogP contribution is 2.49. The van der Waals surface area contributed by atoms with Crippen molar-refractivity contribution in [3.63, 3.8) is 0 Å². The van der Waals surface area contributed by atoms with Crippen LogP contribution in [0.15, 0.2) is 30.6 Å². The van der Waals surface area contributed by atoms with E-state index >= 15 is 0 Å². The van der Waals surface area contributed by atoms with E-state index in [4.69, 9.17) is 18.7 Å². The van der Waals surface area contributed by atoms with Gasteiger partial charge in [0.1, 0.15) is 42.7 Å². The van der Waals surface area contributed by atoms with Crippen molar-refractivity contribution < 1.29 is 86.2 Å². The van der Waals surface area contributed by atoms with Gasteiger partial charge in [0, 0.05) is 0 Å². The molecule has 2 saturated heterocycles. The predicted molar refractivity (Wildman–Crippen MR) is 128 cm³/mol. The number of ether oxygens (including phenoxy) is 3. The van der Waals surface area contributed by atoms with Crippen LogP contribution in [0.1, 0.15) is 6.23 Å². The molecule has 20 nitrogen and oxygen atoms in total. The molecule has 0 spiro atoms. The van der Waals surface area contributed by atoms with Gasteiger partial charge in [0.05, 0.1) is 30.6 Å². The largest absolute Gasteiger partial charge is 0.470 e. The number of rotatable bonds is 11. The van der Waals surface area contributed by atoms with Crippen molar-refractivity contribution in [1.82, 2.24) is 9.55 Å². The first-order valence-corrected chi connectivity index (χ1v) is 16.1. The summed E-state index contributed by atoms with van der Waals surface area (Å²) < 4.78 is 67.0. The number of nitrogens with zero attached hydrogens (tertiary/aromatic N) is 2. The standard InChI is InChI=1S/C18H27N2O18P3/c21-5-10-13(16(38-41(30,31)32)17(33-10)20-7-19-8-3-1-2-4-9(8)20)35-18-12(23)15(37-40(27,28)29)14(11(6-22)34-18)36-39(24,25)26/h1-4,7,10-18,21-23H,5-6H2,(H2,24,25,26)(H2,27,28,29)(H2,30,31,32)/t10-,11-,12-,13-,14-,15-,16-,17-,18-/m1/s1. The van der Waals surface area contributed by atoms with E-state index in [9.17, 15) is 58.4 Å². The number of phosphoric acid groups is 3. The summed E-state index contributed by atoms with van der Waals surface area (Å²) in [5.74, 6) is 0. The van der Waals surface area contributed by atoms with Crippen molar-refractivity contribution >= 4 is 34.5 Å². The van der Waals surface area contributed by atoms with Gasteiger partial charge in [-0.05, 0) is 12.1 Å². The fourth-order valence-corrected chi connectivity index (χ4v) is 6.24. The second-order valence-electron chi connectivity index (χ2n) is 8.89. The van der Waals surface area contributed by atoms with Crippen LogP contribution >= 0.6 is 23.5 Å². The monoisotopic (exact) mass is 652 g/mol. The van der Waals surface area contributed by atoms with Gasteiger partial charge < -0.3 is 63.5 Å². The molecule has 2 aromatic rings. The third kappa shape index (κ3) is 7.84. The van der Waals surface area contributed by atoms with Crippen LogP contribution in [0.5, 0.6) is 0 Å². The van der Waals surface area contributed by atoms with Crippen molar-refractivity contribution in [2.24, 2.45) is 0 Å². The third-order valence-corrected chi connectivity index (χ3v) is 7.64. The Morgan fingerprint density at radius 2 is 1.32 bits per heavy atom. The Morgan fingerprint density at radius 3 is 1.90 bits per heavy atom. The van der Waals surface area contributed by atoms with Crippen LogP contribution in [0.2, 0.25) is 0 Å². The minimum Gasteiger partial charge on any atom is -0.394 e. The van der Waals surface area contributed by atoms with E-state index in [-0.39, 0.29) is 0 Å². The highest BCUT2D eigenvalue weighted by atomic mass is 31.2. The summed E-state index contributed by atoms with van der Waals surface area (Å²) in [5, 5.41) is 30.6. The lowest BCUT2D eigenvalue weighted by molar-refractivity contribution is -0.313. The number of hydrogen-bond acceptors (Lipinski definition) is 13. The molecule has 2 aliphatic rings. The summed E-state index contributed by atoms with van der Waals surface area (Å²) >= 11 is 0. The molecule has 0 radical (unpaired) electrons. The molecule has 1 aromatic heterocycles. The fourth-order valence-electron chi connectivity index (χ4n) is 4.57. The van der Waals surface area contributed by atoms with Crippen LogP contribution < -0.4 is 0 Å². The molecule has 232 valence electrons. The number of phosphoric ester groups is 3. The highest BCUT2D eigenvalue weighted by molar-refractivity contribution is 7.46. The first-order chi connectivity index (χ1) is 19.0. The lowest BCUT2D eigenvalue weighted by Gasteiger charge is -2.44. The number of aliphatic hydroxyl groups is 3. The van der Waals surface area contributed by atoms with Crippen molar-refractivity contribution in [3.05, 3.63) is 30.6 Å². The van der Waals surface area contributed by atoms with Crippen LogP contribution in [0.25, 0.3) is 11.0 Å². The van der Waals surface area contributed by atoms with E-state index in [0.29, 0.717) is 11.0 Å². The van der Waals surface area contributed by atoms with Crippen LogP contribution in [0, 0.1) is 0 Å². The fraction of sp³-hybridized carbons (Fsp3) is 0.611. The van der Waals surface area contributed by atoms with Gasteiger partial charge in [-0.25, -0.2) is 18.7 Å². The number of aromatic nitrogens is 2. The number of aliphatic hydroxyl groups excluding tert-OH is 3. The second kappa shape index (κ2) is 12.4. The molecule has 2 fully saturated rings. The van der Waals surface area contributed by atoms with Crippen molar-refractivity contribution in [2.75, 3.05) is 13.2 Å². The van der Waals surface area contributed by atoms with Gasteiger partial charge in [-0.1, -0.05) is 12.1 Å². The minimum atomic E-state index is -5.49. The summed E-state index contributed by atoms with van der Waals surface area (Å²) in [6, 6.07) is 6.56. The lowest BCUT2D eigenvalue weighted by Crippen LogP contribution is -2.61. The number of hydrogen-bond donors (Lipinski definition) is 9. The first-order valence-electron chi connectivity index (χ1n) is 11.5. The molecule has 9 N–H and O–H groups in total. The molecule has 3 heterocycles. The predicted octanol–water partition coefficient (Wildman–Crippen LogP) is -2.18. The zero-order valence-electron chi connectivity index (χ0n) is 20.4. The molecule has 0 unspecified atom stereocenters. The van der Waals surface area contributed by atoms with E-state index in [1.54, 1.807) is 24.3 Å². The third-order valence-electron chi connectivity index (χ3n) is 6.08. The van der Waals surface area contributed by atoms with E-state index in [1.165, 1.54) is 10.9 Å². The highest BCUT2D eigenvalue weighted by Gasteiger charge is 2.56. The van der Waals surface area contributed by atoms with Crippen LogP contribution in [0.4, 0.5) is 0 Å². The van der Waals surface area contributed by atoms with Crippen LogP contribution in [-0.2, 0) is 41.5 Å². The summed E-state index contributed by atoms with van der Waals surface area (Å²) in [7, 11) is -16.2. The average molecular weight is 652 g/mol. The molecular weight excluding hydrogens is 625 g/mol. The van der Waals surface area contributed by atoms with Gasteiger partial charge in [0.25, 0.3) is 0 Å². The quantitative estimate of drug-likeness (QED) is 0.117. The topological polar surface area (TPSA) is 306 Å². The molecule has 0 amide bonds. The molecule has 1 aromatic carbocycles. The van der Waals surface area contributed by atoms with Crippen molar-refractivity contribution in [3.8, 4) is 0 Å². The van der Waals surface area contributed by atoms with Crippen LogP contribution in [-0.4, -0.2) is 116 Å². The summed E-state index contributed by atoms with van der Waals surface area (Å²) in [6.45, 7) is -1.94. The number of imidazole rings is 1. The minimum absolute atomic E-state index is 0.427. The maximum absolute atomic E-state index is 11.9. The Hall–Kier alpha value is -1.22. The first kappa shape index (κ1) is 32.7. The molecular formula is C18H27N2O18P3. The molecule has 9 atom stereocenters. The van der Waals surface area contributed by atoms with Gasteiger partial charge in [0.2, 0.25) is 0 Å². The molecule has 23 heteroatoms. The van der Waals surface area contributed by atoms with Crippen molar-refractivity contribution in [1.29, 1.82) is 0 Å². The van der Waals surface area contributed by atoms with Crippen LogP contribution in [0.3, 0.4) is 0 Å². The van der Waals surface area contributed by atoms with E-state index in [2.05, 4.69) is 14.0 Å². The van der Waals surface area contributed by atoms with Gasteiger partial charge in [0.15, 0.2) is 12.5 Å². The molecule has 41 heavy (non-hydrogen) atoms. The Balaban J connectivity index is 1.69. The van der Waals surface area contributed by atoms with E-state index in [0.717, 1.165) is 0 Å².